The molecular weight excluding hydrogens is 513 g/mol. The number of anilines is 1. The lowest BCUT2D eigenvalue weighted by molar-refractivity contribution is -0.113. The summed E-state index contributed by atoms with van der Waals surface area (Å²) in [6.45, 7) is 0.0879. The van der Waals surface area contributed by atoms with E-state index in [9.17, 15) is 14.0 Å². The molecule has 4 aromatic rings. The van der Waals surface area contributed by atoms with Gasteiger partial charge in [0.1, 0.15) is 5.82 Å². The monoisotopic (exact) mass is 529 g/mol. The molecule has 0 fully saturated rings. The van der Waals surface area contributed by atoms with Crippen molar-refractivity contribution in [2.75, 3.05) is 11.1 Å². The lowest BCUT2D eigenvalue weighted by atomic mass is 10.3. The summed E-state index contributed by atoms with van der Waals surface area (Å²) in [4.78, 5) is 24.6. The van der Waals surface area contributed by atoms with Gasteiger partial charge in [0.15, 0.2) is 16.7 Å². The molecule has 0 spiro atoms. The van der Waals surface area contributed by atoms with Gasteiger partial charge < -0.3 is 15.1 Å². The molecule has 8 nitrogen and oxygen atoms in total. The van der Waals surface area contributed by atoms with Gasteiger partial charge in [-0.3, -0.25) is 14.2 Å². The second-order valence-corrected chi connectivity index (χ2v) is 8.55. The second-order valence-electron chi connectivity index (χ2n) is 6.69. The largest absolute Gasteiger partial charge is 0.459 e. The number of carbonyl (C=O) groups is 2. The van der Waals surface area contributed by atoms with Crippen LogP contribution in [0.1, 0.15) is 16.4 Å². The summed E-state index contributed by atoms with van der Waals surface area (Å²) in [6.07, 6.45) is 1.42. The van der Waals surface area contributed by atoms with E-state index in [0.29, 0.717) is 11.0 Å². The minimum atomic E-state index is -0.511. The van der Waals surface area contributed by atoms with Crippen molar-refractivity contribution in [3.05, 3.63) is 88.8 Å². The van der Waals surface area contributed by atoms with Crippen LogP contribution in [0.2, 0.25) is 0 Å². The Morgan fingerprint density at radius 3 is 2.58 bits per heavy atom. The number of furan rings is 1. The average molecular weight is 530 g/mol. The van der Waals surface area contributed by atoms with Crippen molar-refractivity contribution in [3.8, 4) is 5.69 Å². The normalized spacial score (nSPS) is 10.7. The summed E-state index contributed by atoms with van der Waals surface area (Å²) in [5.41, 5.74) is 0.862. The molecule has 0 aliphatic heterocycles. The standard InChI is InChI=1S/C22H17BrFN5O3S/c23-14-7-9-15(10-8-14)29-19(12-25-21(31)18-6-3-11-32-18)27-28-22(29)33-13-20(30)26-17-5-2-1-4-16(17)24/h1-11H,12-13H2,(H,25,31)(H,26,30). The molecule has 2 N–H and O–H groups in total. The van der Waals surface area contributed by atoms with Gasteiger partial charge in [-0.15, -0.1) is 10.2 Å². The molecule has 4 rings (SSSR count). The highest BCUT2D eigenvalue weighted by Gasteiger charge is 2.18. The Bertz CT molecular complexity index is 1260. The zero-order valence-corrected chi connectivity index (χ0v) is 19.4. The summed E-state index contributed by atoms with van der Waals surface area (Å²) >= 11 is 4.55. The molecule has 0 bridgehead atoms. The molecule has 0 atom stereocenters. The van der Waals surface area contributed by atoms with E-state index in [1.807, 2.05) is 24.3 Å². The Hall–Kier alpha value is -3.44. The number of carbonyl (C=O) groups excluding carboxylic acids is 2. The van der Waals surface area contributed by atoms with Gasteiger partial charge in [0.25, 0.3) is 5.91 Å². The first-order valence-corrected chi connectivity index (χ1v) is 11.5. The van der Waals surface area contributed by atoms with Crippen molar-refractivity contribution < 1.29 is 18.4 Å². The highest BCUT2D eigenvalue weighted by atomic mass is 79.9. The van der Waals surface area contributed by atoms with Crippen LogP contribution in [0.4, 0.5) is 10.1 Å². The van der Waals surface area contributed by atoms with Gasteiger partial charge in [0.05, 0.1) is 24.2 Å². The van der Waals surface area contributed by atoms with Gasteiger partial charge in [-0.25, -0.2) is 4.39 Å². The number of nitrogens with one attached hydrogen (secondary N) is 2. The topological polar surface area (TPSA) is 102 Å². The molecule has 11 heteroatoms. The van der Waals surface area contributed by atoms with Gasteiger partial charge in [-0.2, -0.15) is 0 Å². The molecular formula is C22H17BrFN5O3S. The van der Waals surface area contributed by atoms with E-state index in [2.05, 4.69) is 36.8 Å². The van der Waals surface area contributed by atoms with Gasteiger partial charge >= 0.3 is 0 Å². The van der Waals surface area contributed by atoms with E-state index in [4.69, 9.17) is 4.42 Å². The van der Waals surface area contributed by atoms with Crippen LogP contribution in [-0.4, -0.2) is 32.3 Å². The molecule has 0 saturated carbocycles. The van der Waals surface area contributed by atoms with E-state index in [0.717, 1.165) is 21.9 Å². The minimum Gasteiger partial charge on any atom is -0.459 e. The van der Waals surface area contributed by atoms with Crippen LogP contribution in [-0.2, 0) is 11.3 Å². The Balaban J connectivity index is 1.50. The van der Waals surface area contributed by atoms with Gasteiger partial charge in [0, 0.05) is 10.2 Å². The number of nitrogens with zero attached hydrogens (tertiary/aromatic N) is 3. The maximum atomic E-state index is 13.8. The predicted octanol–water partition coefficient (Wildman–Crippen LogP) is 4.42. The predicted molar refractivity (Wildman–Crippen MR) is 125 cm³/mol. The molecule has 33 heavy (non-hydrogen) atoms. The van der Waals surface area contributed by atoms with Crippen LogP contribution in [0.25, 0.3) is 5.69 Å². The van der Waals surface area contributed by atoms with Crippen molar-refractivity contribution in [1.82, 2.24) is 20.1 Å². The van der Waals surface area contributed by atoms with E-state index in [1.165, 1.54) is 18.4 Å². The number of aromatic nitrogens is 3. The molecule has 0 unspecified atom stereocenters. The summed E-state index contributed by atoms with van der Waals surface area (Å²) in [5, 5.41) is 14.1. The van der Waals surface area contributed by atoms with E-state index >= 15 is 0 Å². The van der Waals surface area contributed by atoms with E-state index < -0.39 is 5.82 Å². The smallest absolute Gasteiger partial charge is 0.287 e. The average Bonchev–Trinajstić information content (AvgIpc) is 3.49. The molecule has 0 aliphatic carbocycles. The quantitative estimate of drug-likeness (QED) is 0.327. The van der Waals surface area contributed by atoms with E-state index in [1.54, 1.807) is 28.8 Å². The van der Waals surface area contributed by atoms with Gasteiger partial charge in [-0.1, -0.05) is 39.8 Å². The van der Waals surface area contributed by atoms with Gasteiger partial charge in [-0.05, 0) is 48.5 Å². The lowest BCUT2D eigenvalue weighted by Crippen LogP contribution is -2.24. The Morgan fingerprint density at radius 2 is 1.85 bits per heavy atom. The first-order valence-electron chi connectivity index (χ1n) is 9.70. The zero-order chi connectivity index (χ0) is 23.2. The third kappa shape index (κ3) is 5.68. The Kier molecular flexibility index (Phi) is 7.20. The number of thioether (sulfide) groups is 1. The highest BCUT2D eigenvalue weighted by molar-refractivity contribution is 9.10. The number of para-hydroxylation sites is 1. The molecule has 0 radical (unpaired) electrons. The van der Waals surface area contributed by atoms with Crippen molar-refractivity contribution in [2.45, 2.75) is 11.7 Å². The summed E-state index contributed by atoms with van der Waals surface area (Å²) in [5.74, 6) is -0.643. The van der Waals surface area contributed by atoms with Crippen molar-refractivity contribution in [1.29, 1.82) is 0 Å². The number of hydrogen-bond acceptors (Lipinski definition) is 6. The number of halogens is 2. The SMILES string of the molecule is O=C(CSc1nnc(CNC(=O)c2ccco2)n1-c1ccc(Br)cc1)Nc1ccccc1F. The Labute approximate surface area is 200 Å². The molecule has 2 heterocycles. The minimum absolute atomic E-state index is 0.0122. The summed E-state index contributed by atoms with van der Waals surface area (Å²) in [7, 11) is 0. The van der Waals surface area contributed by atoms with Crippen molar-refractivity contribution in [2.24, 2.45) is 0 Å². The molecule has 2 aromatic carbocycles. The van der Waals surface area contributed by atoms with Gasteiger partial charge in [0.2, 0.25) is 5.91 Å². The maximum absolute atomic E-state index is 13.8. The molecule has 0 aliphatic rings. The fourth-order valence-corrected chi connectivity index (χ4v) is 3.93. The van der Waals surface area contributed by atoms with Crippen LogP contribution < -0.4 is 10.6 Å². The Morgan fingerprint density at radius 1 is 1.06 bits per heavy atom. The van der Waals surface area contributed by atoms with Crippen LogP contribution in [0, 0.1) is 5.82 Å². The molecule has 0 saturated heterocycles. The lowest BCUT2D eigenvalue weighted by Gasteiger charge is -2.11. The second kappa shape index (κ2) is 10.5. The zero-order valence-electron chi connectivity index (χ0n) is 17.0. The third-order valence-corrected chi connectivity index (χ3v) is 5.88. The van der Waals surface area contributed by atoms with Crippen LogP contribution in [0.3, 0.4) is 0 Å². The number of benzene rings is 2. The fraction of sp³-hybridized carbons (Fsp3) is 0.0909. The summed E-state index contributed by atoms with van der Waals surface area (Å²) < 4.78 is 21.5. The molecule has 2 aromatic heterocycles. The third-order valence-electron chi connectivity index (χ3n) is 4.42. The van der Waals surface area contributed by atoms with E-state index in [-0.39, 0.29) is 35.6 Å². The van der Waals surface area contributed by atoms with Crippen LogP contribution >= 0.6 is 27.7 Å². The number of rotatable bonds is 8. The molecule has 168 valence electrons. The summed E-state index contributed by atoms with van der Waals surface area (Å²) in [6, 6.07) is 16.6. The maximum Gasteiger partial charge on any atom is 0.287 e. The van der Waals surface area contributed by atoms with Crippen molar-refractivity contribution >= 4 is 45.2 Å². The van der Waals surface area contributed by atoms with Crippen LogP contribution in [0.5, 0.6) is 0 Å². The number of amides is 2. The highest BCUT2D eigenvalue weighted by Crippen LogP contribution is 2.24. The first-order chi connectivity index (χ1) is 16.0. The number of hydrogen-bond donors (Lipinski definition) is 2. The van der Waals surface area contributed by atoms with Crippen LogP contribution in [0.15, 0.2) is 81.0 Å². The first kappa shape index (κ1) is 22.7. The molecule has 2 amide bonds. The fourth-order valence-electron chi connectivity index (χ4n) is 2.89. The van der Waals surface area contributed by atoms with Crippen molar-refractivity contribution in [3.63, 3.8) is 0 Å².